The molecule has 2 aromatic carbocycles. The lowest BCUT2D eigenvalue weighted by molar-refractivity contribution is -0.120. The molecule has 0 aliphatic carbocycles. The monoisotopic (exact) mass is 495 g/mol. The molecule has 7 nitrogen and oxygen atoms in total. The van der Waals surface area contributed by atoms with E-state index >= 15 is 0 Å². The van der Waals surface area contributed by atoms with Crippen molar-refractivity contribution in [2.45, 2.75) is 45.6 Å². The zero-order valence-corrected chi connectivity index (χ0v) is 21.6. The van der Waals surface area contributed by atoms with Crippen LogP contribution in [-0.4, -0.2) is 55.3 Å². The maximum atomic E-state index is 12.5. The van der Waals surface area contributed by atoms with Crippen LogP contribution in [-0.2, 0) is 29.0 Å². The fraction of sp³-hybridized carbons (Fsp3) is 0.407. The summed E-state index contributed by atoms with van der Waals surface area (Å²) in [5.41, 5.74) is 4.03. The SMILES string of the molecule is COc1ccc(-c2nc(CC(=O)NCc3ccc(CN4CC(C)OC(C)C4)cc3)cs2)cc1OC. The van der Waals surface area contributed by atoms with Gasteiger partial charge < -0.3 is 19.5 Å². The summed E-state index contributed by atoms with van der Waals surface area (Å²) in [5.74, 6) is 1.28. The number of amides is 1. The Balaban J connectivity index is 1.27. The van der Waals surface area contributed by atoms with Gasteiger partial charge >= 0.3 is 0 Å². The van der Waals surface area contributed by atoms with E-state index in [0.717, 1.165) is 41.5 Å². The lowest BCUT2D eigenvalue weighted by Gasteiger charge is -2.35. The number of morpholine rings is 1. The second-order valence-corrected chi connectivity index (χ2v) is 9.79. The van der Waals surface area contributed by atoms with Gasteiger partial charge in [0.1, 0.15) is 5.01 Å². The van der Waals surface area contributed by atoms with Crippen LogP contribution in [0.3, 0.4) is 0 Å². The van der Waals surface area contributed by atoms with E-state index in [2.05, 4.69) is 53.3 Å². The quantitative estimate of drug-likeness (QED) is 0.477. The number of thiazole rings is 1. The van der Waals surface area contributed by atoms with E-state index in [1.165, 1.54) is 16.9 Å². The summed E-state index contributed by atoms with van der Waals surface area (Å²) in [6.07, 6.45) is 0.775. The van der Waals surface area contributed by atoms with Gasteiger partial charge in [-0.3, -0.25) is 9.69 Å². The highest BCUT2D eigenvalue weighted by atomic mass is 32.1. The van der Waals surface area contributed by atoms with Crippen LogP contribution in [0.25, 0.3) is 10.6 Å². The summed E-state index contributed by atoms with van der Waals surface area (Å²) in [6, 6.07) is 14.1. The topological polar surface area (TPSA) is 72.9 Å². The molecule has 186 valence electrons. The van der Waals surface area contributed by atoms with E-state index < -0.39 is 0 Å². The number of methoxy groups -OCH3 is 2. The molecule has 1 aromatic heterocycles. The van der Waals surface area contributed by atoms with E-state index in [-0.39, 0.29) is 24.5 Å². The average Bonchev–Trinajstić information content (AvgIpc) is 3.31. The van der Waals surface area contributed by atoms with Gasteiger partial charge in [0.2, 0.25) is 5.91 Å². The van der Waals surface area contributed by atoms with Crippen LogP contribution in [0.1, 0.15) is 30.7 Å². The number of benzene rings is 2. The van der Waals surface area contributed by atoms with Crippen LogP contribution in [0.2, 0.25) is 0 Å². The molecule has 1 fully saturated rings. The van der Waals surface area contributed by atoms with Gasteiger partial charge in [0.15, 0.2) is 11.5 Å². The molecule has 8 heteroatoms. The molecule has 1 N–H and O–H groups in total. The minimum atomic E-state index is -0.0467. The highest BCUT2D eigenvalue weighted by Gasteiger charge is 2.22. The Bertz CT molecular complexity index is 1120. The van der Waals surface area contributed by atoms with Gasteiger partial charge in [-0.15, -0.1) is 11.3 Å². The Labute approximate surface area is 211 Å². The number of carbonyl (C=O) groups is 1. The normalized spacial score (nSPS) is 18.3. The van der Waals surface area contributed by atoms with Crippen molar-refractivity contribution in [3.05, 3.63) is 64.7 Å². The predicted octanol–water partition coefficient (Wildman–Crippen LogP) is 4.30. The van der Waals surface area contributed by atoms with Crippen LogP contribution in [0.5, 0.6) is 11.5 Å². The van der Waals surface area contributed by atoms with Gasteiger partial charge in [-0.05, 0) is 43.2 Å². The lowest BCUT2D eigenvalue weighted by atomic mass is 10.1. The van der Waals surface area contributed by atoms with E-state index in [0.29, 0.717) is 18.0 Å². The Hall–Kier alpha value is -2.94. The molecule has 0 bridgehead atoms. The Kier molecular flexibility index (Phi) is 8.38. The minimum Gasteiger partial charge on any atom is -0.493 e. The second kappa shape index (κ2) is 11.7. The van der Waals surface area contributed by atoms with Crippen LogP contribution >= 0.6 is 11.3 Å². The molecule has 0 radical (unpaired) electrons. The molecule has 2 heterocycles. The number of hydrogen-bond acceptors (Lipinski definition) is 7. The first-order chi connectivity index (χ1) is 16.9. The largest absolute Gasteiger partial charge is 0.493 e. The molecule has 3 aromatic rings. The number of ether oxygens (including phenoxy) is 3. The van der Waals surface area contributed by atoms with Gasteiger partial charge in [-0.1, -0.05) is 24.3 Å². The molecule has 1 amide bonds. The lowest BCUT2D eigenvalue weighted by Crippen LogP contribution is -2.44. The molecule has 2 atom stereocenters. The minimum absolute atomic E-state index is 0.0467. The first-order valence-electron chi connectivity index (χ1n) is 11.8. The molecule has 4 rings (SSSR count). The maximum absolute atomic E-state index is 12.5. The first-order valence-corrected chi connectivity index (χ1v) is 12.7. The summed E-state index contributed by atoms with van der Waals surface area (Å²) in [5, 5.41) is 5.77. The molecule has 1 aliphatic rings. The highest BCUT2D eigenvalue weighted by Crippen LogP contribution is 2.33. The zero-order chi connectivity index (χ0) is 24.8. The summed E-state index contributed by atoms with van der Waals surface area (Å²) >= 11 is 1.51. The van der Waals surface area contributed by atoms with Crippen LogP contribution in [0.4, 0.5) is 0 Å². The van der Waals surface area contributed by atoms with E-state index in [1.54, 1.807) is 14.2 Å². The Morgan fingerprint density at radius 2 is 1.74 bits per heavy atom. The summed E-state index contributed by atoms with van der Waals surface area (Å²) in [6.45, 7) is 7.56. The van der Waals surface area contributed by atoms with E-state index in [9.17, 15) is 4.79 Å². The number of rotatable bonds is 9. The zero-order valence-electron chi connectivity index (χ0n) is 20.7. The Morgan fingerprint density at radius 1 is 1.06 bits per heavy atom. The number of hydrogen-bond donors (Lipinski definition) is 1. The summed E-state index contributed by atoms with van der Waals surface area (Å²) in [7, 11) is 3.22. The molecular formula is C27H33N3O4S. The molecular weight excluding hydrogens is 462 g/mol. The molecule has 0 saturated carbocycles. The van der Waals surface area contributed by atoms with Crippen molar-refractivity contribution in [2.24, 2.45) is 0 Å². The maximum Gasteiger partial charge on any atom is 0.226 e. The summed E-state index contributed by atoms with van der Waals surface area (Å²) < 4.78 is 16.5. The number of aromatic nitrogens is 1. The fourth-order valence-corrected chi connectivity index (χ4v) is 5.17. The average molecular weight is 496 g/mol. The third kappa shape index (κ3) is 6.81. The summed E-state index contributed by atoms with van der Waals surface area (Å²) in [4.78, 5) is 19.6. The number of nitrogens with zero attached hydrogens (tertiary/aromatic N) is 2. The van der Waals surface area contributed by atoms with Crippen molar-refractivity contribution < 1.29 is 19.0 Å². The standard InChI is InChI=1S/C27H33N3O4S/c1-18-14-30(15-19(2)34-18)16-21-7-5-20(6-8-21)13-28-26(31)12-23-17-35-27(29-23)22-9-10-24(32-3)25(11-22)33-4/h5-11,17-19H,12-16H2,1-4H3,(H,28,31). The van der Waals surface area contributed by atoms with Gasteiger partial charge in [0.05, 0.1) is 38.5 Å². The van der Waals surface area contributed by atoms with Crippen LogP contribution < -0.4 is 14.8 Å². The molecule has 1 saturated heterocycles. The van der Waals surface area contributed by atoms with Crippen molar-refractivity contribution in [1.29, 1.82) is 0 Å². The van der Waals surface area contributed by atoms with Crippen molar-refractivity contribution in [1.82, 2.24) is 15.2 Å². The van der Waals surface area contributed by atoms with E-state index in [1.807, 2.05) is 23.6 Å². The van der Waals surface area contributed by atoms with Crippen molar-refractivity contribution in [3.8, 4) is 22.1 Å². The predicted molar refractivity (Wildman–Crippen MR) is 138 cm³/mol. The van der Waals surface area contributed by atoms with Crippen molar-refractivity contribution in [3.63, 3.8) is 0 Å². The smallest absolute Gasteiger partial charge is 0.226 e. The first kappa shape index (κ1) is 25.2. The number of carbonyl (C=O) groups excluding carboxylic acids is 1. The van der Waals surface area contributed by atoms with Crippen LogP contribution in [0, 0.1) is 0 Å². The third-order valence-electron chi connectivity index (χ3n) is 5.94. The van der Waals surface area contributed by atoms with Gasteiger partial charge in [0, 0.05) is 37.1 Å². The fourth-order valence-electron chi connectivity index (χ4n) is 4.35. The van der Waals surface area contributed by atoms with Crippen molar-refractivity contribution >= 4 is 17.2 Å². The molecule has 35 heavy (non-hydrogen) atoms. The van der Waals surface area contributed by atoms with Gasteiger partial charge in [-0.2, -0.15) is 0 Å². The van der Waals surface area contributed by atoms with Gasteiger partial charge in [-0.25, -0.2) is 4.98 Å². The van der Waals surface area contributed by atoms with E-state index in [4.69, 9.17) is 14.2 Å². The van der Waals surface area contributed by atoms with Gasteiger partial charge in [0.25, 0.3) is 0 Å². The molecule has 0 spiro atoms. The Morgan fingerprint density at radius 3 is 2.43 bits per heavy atom. The molecule has 1 aliphatic heterocycles. The van der Waals surface area contributed by atoms with Crippen molar-refractivity contribution in [2.75, 3.05) is 27.3 Å². The highest BCUT2D eigenvalue weighted by molar-refractivity contribution is 7.13. The molecule has 2 unspecified atom stereocenters. The number of nitrogens with one attached hydrogen (secondary N) is 1. The van der Waals surface area contributed by atoms with Crippen LogP contribution in [0.15, 0.2) is 47.8 Å². The second-order valence-electron chi connectivity index (χ2n) is 8.94. The third-order valence-corrected chi connectivity index (χ3v) is 6.88.